The van der Waals surface area contributed by atoms with Crippen molar-refractivity contribution < 1.29 is 14.1 Å². The van der Waals surface area contributed by atoms with E-state index >= 15 is 0 Å². The summed E-state index contributed by atoms with van der Waals surface area (Å²) in [5.74, 6) is 1.44. The molecule has 1 aromatic carbocycles. The van der Waals surface area contributed by atoms with Crippen LogP contribution >= 0.6 is 0 Å². The number of nitrogens with zero attached hydrogens (tertiary/aromatic N) is 3. The zero-order chi connectivity index (χ0) is 19.9. The van der Waals surface area contributed by atoms with Crippen molar-refractivity contribution in [1.29, 1.82) is 0 Å². The highest BCUT2D eigenvalue weighted by atomic mass is 16.5. The van der Waals surface area contributed by atoms with Crippen LogP contribution in [0.3, 0.4) is 0 Å². The molecule has 1 amide bonds. The second kappa shape index (κ2) is 8.98. The molecule has 0 spiro atoms. The highest BCUT2D eigenvalue weighted by molar-refractivity contribution is 5.90. The van der Waals surface area contributed by atoms with E-state index in [1.54, 1.807) is 12.3 Å². The molecule has 2 aromatic heterocycles. The van der Waals surface area contributed by atoms with Crippen LogP contribution in [0.25, 0.3) is 11.4 Å². The summed E-state index contributed by atoms with van der Waals surface area (Å²) in [6.07, 6.45) is 2.14. The van der Waals surface area contributed by atoms with E-state index < -0.39 is 0 Å². The highest BCUT2D eigenvalue weighted by Gasteiger charge is 2.11. The zero-order valence-corrected chi connectivity index (χ0v) is 15.8. The average molecular weight is 382 g/mol. The maximum atomic E-state index is 12.1. The monoisotopic (exact) mass is 382 g/mol. The number of carbonyl (C=O) groups is 1. The van der Waals surface area contributed by atoms with Gasteiger partial charge in [-0.1, -0.05) is 5.16 Å². The Kier molecular flexibility index (Phi) is 6.21. The van der Waals surface area contributed by atoms with Crippen molar-refractivity contribution in [3.05, 3.63) is 58.8 Å². The molecule has 8 heteroatoms. The first-order valence-corrected chi connectivity index (χ1v) is 9.15. The van der Waals surface area contributed by atoms with Gasteiger partial charge in [-0.15, -0.1) is 0 Å². The fourth-order valence-electron chi connectivity index (χ4n) is 2.64. The fourth-order valence-corrected chi connectivity index (χ4v) is 2.64. The molecule has 0 aliphatic carbocycles. The van der Waals surface area contributed by atoms with Crippen LogP contribution in [-0.4, -0.2) is 27.2 Å². The Hall–Kier alpha value is -3.42. The van der Waals surface area contributed by atoms with Gasteiger partial charge in [-0.3, -0.25) is 9.59 Å². The molecule has 0 bridgehead atoms. The molecule has 0 atom stereocenters. The number of amides is 1. The summed E-state index contributed by atoms with van der Waals surface area (Å²) in [6, 6.07) is 10.4. The Labute approximate surface area is 162 Å². The number of benzene rings is 1. The Morgan fingerprint density at radius 3 is 2.68 bits per heavy atom. The molecule has 146 valence electrons. The lowest BCUT2D eigenvalue weighted by Gasteiger charge is -2.07. The number of pyridine rings is 1. The van der Waals surface area contributed by atoms with Crippen molar-refractivity contribution in [3.63, 3.8) is 0 Å². The van der Waals surface area contributed by atoms with Crippen molar-refractivity contribution in [1.82, 2.24) is 14.7 Å². The number of hydrogen-bond donors (Lipinski definition) is 1. The van der Waals surface area contributed by atoms with Gasteiger partial charge in [0.05, 0.1) is 12.3 Å². The van der Waals surface area contributed by atoms with Crippen LogP contribution in [0, 0.1) is 0 Å². The van der Waals surface area contributed by atoms with Crippen LogP contribution in [0.2, 0.25) is 0 Å². The van der Waals surface area contributed by atoms with Gasteiger partial charge in [-0.05, 0) is 44.2 Å². The molecular formula is C20H22N4O4. The normalized spacial score (nSPS) is 10.6. The summed E-state index contributed by atoms with van der Waals surface area (Å²) in [6.45, 7) is 4.94. The first kappa shape index (κ1) is 19.3. The summed E-state index contributed by atoms with van der Waals surface area (Å²) in [5, 5.41) is 6.73. The van der Waals surface area contributed by atoms with Gasteiger partial charge in [0.1, 0.15) is 5.75 Å². The van der Waals surface area contributed by atoms with E-state index in [2.05, 4.69) is 15.5 Å². The second-order valence-electron chi connectivity index (χ2n) is 6.06. The molecular weight excluding hydrogens is 360 g/mol. The number of carbonyl (C=O) groups excluding carboxylic acids is 1. The lowest BCUT2D eigenvalue weighted by molar-refractivity contribution is -0.116. The second-order valence-corrected chi connectivity index (χ2v) is 6.06. The molecule has 2 heterocycles. The van der Waals surface area contributed by atoms with E-state index in [0.717, 1.165) is 11.3 Å². The molecule has 3 aromatic rings. The minimum Gasteiger partial charge on any atom is -0.494 e. The molecule has 0 unspecified atom stereocenters. The summed E-state index contributed by atoms with van der Waals surface area (Å²) in [5.41, 5.74) is 1.28. The summed E-state index contributed by atoms with van der Waals surface area (Å²) in [4.78, 5) is 28.1. The Morgan fingerprint density at radius 1 is 1.18 bits per heavy atom. The SMILES string of the molecule is CCOc1ccc(-c2noc(CCC(=O)Nc3ccc(=O)n(CC)c3)n2)cc1. The van der Waals surface area contributed by atoms with E-state index in [9.17, 15) is 9.59 Å². The fraction of sp³-hybridized carbons (Fsp3) is 0.300. The number of nitrogens with one attached hydrogen (secondary N) is 1. The van der Waals surface area contributed by atoms with E-state index in [0.29, 0.717) is 37.0 Å². The van der Waals surface area contributed by atoms with Gasteiger partial charge in [0.15, 0.2) is 0 Å². The third-order valence-corrected chi connectivity index (χ3v) is 4.07. The number of ether oxygens (including phenoxy) is 1. The van der Waals surface area contributed by atoms with E-state index in [1.165, 1.54) is 10.6 Å². The molecule has 0 radical (unpaired) electrons. The summed E-state index contributed by atoms with van der Waals surface area (Å²) >= 11 is 0. The molecule has 0 saturated carbocycles. The number of anilines is 1. The first-order chi connectivity index (χ1) is 13.6. The van der Waals surface area contributed by atoms with Crippen LogP contribution in [0.1, 0.15) is 26.2 Å². The maximum absolute atomic E-state index is 12.1. The van der Waals surface area contributed by atoms with Crippen LogP contribution in [0.15, 0.2) is 51.9 Å². The zero-order valence-electron chi connectivity index (χ0n) is 15.8. The minimum atomic E-state index is -0.192. The molecule has 0 aliphatic rings. The lowest BCUT2D eigenvalue weighted by Crippen LogP contribution is -2.19. The van der Waals surface area contributed by atoms with Crippen LogP contribution in [0.5, 0.6) is 5.75 Å². The maximum Gasteiger partial charge on any atom is 0.250 e. The molecule has 8 nitrogen and oxygen atoms in total. The lowest BCUT2D eigenvalue weighted by atomic mass is 10.2. The topological polar surface area (TPSA) is 99.3 Å². The largest absolute Gasteiger partial charge is 0.494 e. The van der Waals surface area contributed by atoms with E-state index in [1.807, 2.05) is 38.1 Å². The van der Waals surface area contributed by atoms with E-state index in [-0.39, 0.29) is 17.9 Å². The van der Waals surface area contributed by atoms with Gasteiger partial charge in [-0.25, -0.2) is 0 Å². The number of aryl methyl sites for hydroxylation is 2. The van der Waals surface area contributed by atoms with Crippen molar-refractivity contribution in [2.45, 2.75) is 33.2 Å². The van der Waals surface area contributed by atoms with Crippen molar-refractivity contribution in [2.75, 3.05) is 11.9 Å². The highest BCUT2D eigenvalue weighted by Crippen LogP contribution is 2.20. The number of aromatic nitrogens is 3. The van der Waals surface area contributed by atoms with Crippen LogP contribution in [0.4, 0.5) is 5.69 Å². The van der Waals surface area contributed by atoms with Crippen molar-refractivity contribution in [2.24, 2.45) is 0 Å². The van der Waals surface area contributed by atoms with Crippen molar-refractivity contribution >= 4 is 11.6 Å². The Balaban J connectivity index is 1.56. The van der Waals surface area contributed by atoms with Gasteiger partial charge in [0.2, 0.25) is 17.6 Å². The smallest absolute Gasteiger partial charge is 0.250 e. The summed E-state index contributed by atoms with van der Waals surface area (Å²) < 4.78 is 12.2. The molecule has 3 rings (SSSR count). The third-order valence-electron chi connectivity index (χ3n) is 4.07. The predicted octanol–water partition coefficient (Wildman–Crippen LogP) is 2.89. The quantitative estimate of drug-likeness (QED) is 0.643. The van der Waals surface area contributed by atoms with Gasteiger partial charge >= 0.3 is 0 Å². The predicted molar refractivity (Wildman–Crippen MR) is 104 cm³/mol. The first-order valence-electron chi connectivity index (χ1n) is 9.15. The average Bonchev–Trinajstić information content (AvgIpc) is 3.18. The molecule has 0 fully saturated rings. The molecule has 28 heavy (non-hydrogen) atoms. The minimum absolute atomic E-state index is 0.104. The number of rotatable bonds is 8. The van der Waals surface area contributed by atoms with Gasteiger partial charge in [0, 0.05) is 37.2 Å². The van der Waals surface area contributed by atoms with Gasteiger partial charge in [0.25, 0.3) is 5.56 Å². The Bertz CT molecular complexity index is 992. The molecule has 1 N–H and O–H groups in total. The third kappa shape index (κ3) is 4.85. The van der Waals surface area contributed by atoms with Gasteiger partial charge < -0.3 is 19.1 Å². The molecule has 0 saturated heterocycles. The number of hydrogen-bond acceptors (Lipinski definition) is 6. The van der Waals surface area contributed by atoms with E-state index in [4.69, 9.17) is 9.26 Å². The van der Waals surface area contributed by atoms with Crippen molar-refractivity contribution in [3.8, 4) is 17.1 Å². The summed E-state index contributed by atoms with van der Waals surface area (Å²) in [7, 11) is 0. The standard InChI is InChI=1S/C20H22N4O4/c1-3-24-13-15(7-12-19(24)26)21-17(25)10-11-18-22-20(23-28-18)14-5-8-16(9-6-14)27-4-2/h5-9,12-13H,3-4,10-11H2,1-2H3,(H,21,25). The van der Waals surface area contributed by atoms with Crippen LogP contribution < -0.4 is 15.6 Å². The van der Waals surface area contributed by atoms with Gasteiger partial charge in [-0.2, -0.15) is 4.98 Å². The molecule has 0 aliphatic heterocycles. The van der Waals surface area contributed by atoms with Crippen LogP contribution in [-0.2, 0) is 17.8 Å². The Morgan fingerprint density at radius 2 is 1.96 bits per heavy atom.